The van der Waals surface area contributed by atoms with Gasteiger partial charge in [-0.1, -0.05) is 12.1 Å². The molecule has 0 spiro atoms. The smallest absolute Gasteiger partial charge is 0.744 e. The van der Waals surface area contributed by atoms with Crippen molar-refractivity contribution in [3.63, 3.8) is 0 Å². The molecule has 0 aromatic heterocycles. The summed E-state index contributed by atoms with van der Waals surface area (Å²) in [6, 6.07) is 14.2. The molecule has 0 aliphatic carbocycles. The number of non-ortho nitro benzene ring substituents is 1. The van der Waals surface area contributed by atoms with Crippen LogP contribution in [0.5, 0.6) is 0 Å². The van der Waals surface area contributed by atoms with E-state index in [0.29, 0.717) is 29.9 Å². The number of nitro benzene ring substituents is 2. The molecule has 0 fully saturated rings. The molecule has 3 aromatic carbocycles. The first-order valence-electron chi connectivity index (χ1n) is 10.2. The van der Waals surface area contributed by atoms with Crippen molar-refractivity contribution in [2.24, 2.45) is 10.2 Å². The van der Waals surface area contributed by atoms with Gasteiger partial charge in [-0.2, -0.15) is 5.11 Å². The summed E-state index contributed by atoms with van der Waals surface area (Å²) in [6.45, 7) is 4.64. The van der Waals surface area contributed by atoms with E-state index in [0.717, 1.165) is 17.8 Å². The number of aryl methyl sites for hydroxylation is 1. The fourth-order valence-corrected chi connectivity index (χ4v) is 3.86. The Labute approximate surface area is 229 Å². The summed E-state index contributed by atoms with van der Waals surface area (Å²) in [5, 5.41) is 30.1. The fraction of sp³-hybridized carbons (Fsp3) is 0.182. The summed E-state index contributed by atoms with van der Waals surface area (Å²) in [5.74, 6) is 0. The van der Waals surface area contributed by atoms with Crippen LogP contribution in [-0.2, 0) is 16.7 Å². The predicted octanol–water partition coefficient (Wildman–Crippen LogP) is 2.16. The summed E-state index contributed by atoms with van der Waals surface area (Å²) < 4.78 is 33.9. The summed E-state index contributed by atoms with van der Waals surface area (Å²) in [4.78, 5) is 22.3. The minimum absolute atomic E-state index is 0. The Morgan fingerprint density at radius 2 is 1.58 bits per heavy atom. The van der Waals surface area contributed by atoms with E-state index >= 15 is 0 Å². The summed E-state index contributed by atoms with van der Waals surface area (Å²) in [5.41, 5.74) is 1.54. The normalized spacial score (nSPS) is 11.2. The van der Waals surface area contributed by atoms with Crippen molar-refractivity contribution >= 4 is 38.6 Å². The van der Waals surface area contributed by atoms with Gasteiger partial charge in [-0.05, 0) is 61.4 Å². The van der Waals surface area contributed by atoms with E-state index in [1.54, 1.807) is 25.1 Å². The quantitative estimate of drug-likeness (QED) is 0.135. The molecular formula is C22H20N5NaO7S. The first-order chi connectivity index (χ1) is 16.5. The van der Waals surface area contributed by atoms with Crippen LogP contribution in [0.25, 0.3) is 0 Å². The van der Waals surface area contributed by atoms with Crippen molar-refractivity contribution in [2.75, 3.05) is 11.4 Å². The van der Waals surface area contributed by atoms with Crippen molar-refractivity contribution in [1.29, 1.82) is 0 Å². The van der Waals surface area contributed by atoms with Crippen LogP contribution in [0.15, 0.2) is 75.8 Å². The van der Waals surface area contributed by atoms with Crippen LogP contribution in [0.2, 0.25) is 0 Å². The predicted molar refractivity (Wildman–Crippen MR) is 126 cm³/mol. The molecule has 0 aliphatic rings. The monoisotopic (exact) mass is 521 g/mol. The number of benzene rings is 3. The first-order valence-corrected chi connectivity index (χ1v) is 11.7. The van der Waals surface area contributed by atoms with Gasteiger partial charge in [-0.3, -0.25) is 20.2 Å². The minimum Gasteiger partial charge on any atom is -0.744 e. The van der Waals surface area contributed by atoms with Gasteiger partial charge in [-0.25, -0.2) is 8.42 Å². The van der Waals surface area contributed by atoms with E-state index < -0.39 is 31.3 Å². The maximum Gasteiger partial charge on any atom is 1.00 e. The molecule has 3 rings (SSSR count). The summed E-state index contributed by atoms with van der Waals surface area (Å²) in [7, 11) is -4.56. The average molecular weight is 521 g/mol. The van der Waals surface area contributed by atoms with Crippen LogP contribution in [0.1, 0.15) is 18.1 Å². The zero-order chi connectivity index (χ0) is 25.8. The second-order valence-electron chi connectivity index (χ2n) is 7.47. The average Bonchev–Trinajstić information content (AvgIpc) is 2.81. The van der Waals surface area contributed by atoms with Crippen LogP contribution >= 0.6 is 0 Å². The van der Waals surface area contributed by atoms with Gasteiger partial charge >= 0.3 is 35.2 Å². The van der Waals surface area contributed by atoms with Crippen LogP contribution in [-0.4, -0.2) is 29.4 Å². The largest absolute Gasteiger partial charge is 1.00 e. The third-order valence-corrected chi connectivity index (χ3v) is 5.95. The van der Waals surface area contributed by atoms with Gasteiger partial charge in [0.25, 0.3) is 5.69 Å². The third-order valence-electron chi connectivity index (χ3n) is 5.12. The second kappa shape index (κ2) is 12.1. The van der Waals surface area contributed by atoms with E-state index in [2.05, 4.69) is 10.2 Å². The Kier molecular flexibility index (Phi) is 9.78. The van der Waals surface area contributed by atoms with Crippen molar-refractivity contribution in [3.05, 3.63) is 92.0 Å². The molecule has 12 nitrogen and oxygen atoms in total. The van der Waals surface area contributed by atoms with E-state index in [1.165, 1.54) is 24.3 Å². The van der Waals surface area contributed by atoms with Crippen molar-refractivity contribution in [2.45, 2.75) is 25.3 Å². The number of hydrogen-bond acceptors (Lipinski definition) is 10. The standard InChI is InChI=1S/C22H21N5O7S.Na/c1-3-25(14-16-5-4-6-19(12-16)35(32,33)34)17-7-9-20(15(2)11-17)23-24-21-10-8-18(26(28)29)13-22(21)27(30)31;/h4-13H,3,14H2,1-2H3,(H,32,33,34);/q;+1/p-1. The SMILES string of the molecule is CCN(Cc1cccc(S(=O)(=O)[O-])c1)c1ccc(N=Nc2ccc([N+](=O)[O-])cc2[N+](=O)[O-])c(C)c1.[Na+]. The molecule has 14 heteroatoms. The number of azo groups is 1. The zero-order valence-corrected chi connectivity index (χ0v) is 22.5. The second-order valence-corrected chi connectivity index (χ2v) is 8.85. The van der Waals surface area contributed by atoms with Gasteiger partial charge in [0, 0.05) is 24.8 Å². The fourth-order valence-electron chi connectivity index (χ4n) is 3.32. The van der Waals surface area contributed by atoms with Crippen LogP contribution in [0.4, 0.5) is 28.4 Å². The molecule has 0 atom stereocenters. The number of hydrogen-bond donors (Lipinski definition) is 0. The van der Waals surface area contributed by atoms with Crippen LogP contribution < -0.4 is 34.5 Å². The van der Waals surface area contributed by atoms with Crippen LogP contribution in [0, 0.1) is 27.2 Å². The molecule has 182 valence electrons. The van der Waals surface area contributed by atoms with Crippen LogP contribution in [0.3, 0.4) is 0 Å². The van der Waals surface area contributed by atoms with E-state index in [-0.39, 0.29) is 40.1 Å². The molecule has 0 saturated carbocycles. The van der Waals surface area contributed by atoms with E-state index in [4.69, 9.17) is 0 Å². The topological polar surface area (TPSA) is 171 Å². The Morgan fingerprint density at radius 1 is 0.917 bits per heavy atom. The zero-order valence-electron chi connectivity index (χ0n) is 19.7. The molecule has 0 heterocycles. The molecule has 0 radical (unpaired) electrons. The van der Waals surface area contributed by atoms with Crippen molar-refractivity contribution < 1.29 is 52.4 Å². The van der Waals surface area contributed by atoms with E-state index in [1.807, 2.05) is 17.9 Å². The van der Waals surface area contributed by atoms with Gasteiger partial charge in [0.2, 0.25) is 0 Å². The maximum absolute atomic E-state index is 11.3. The number of rotatable bonds is 9. The minimum atomic E-state index is -4.56. The molecule has 0 amide bonds. The van der Waals surface area contributed by atoms with E-state index in [9.17, 15) is 33.2 Å². The van der Waals surface area contributed by atoms with Gasteiger partial charge in [0.1, 0.15) is 10.1 Å². The van der Waals surface area contributed by atoms with Gasteiger partial charge in [0.05, 0.1) is 26.5 Å². The Hall–Kier alpha value is -3.23. The number of nitrogens with zero attached hydrogens (tertiary/aromatic N) is 5. The van der Waals surface area contributed by atoms with Gasteiger partial charge in [-0.15, -0.1) is 5.11 Å². The number of anilines is 1. The number of nitro groups is 2. The molecule has 0 unspecified atom stereocenters. The Bertz CT molecular complexity index is 1430. The molecular weight excluding hydrogens is 501 g/mol. The van der Waals surface area contributed by atoms with Crippen molar-refractivity contribution in [3.8, 4) is 0 Å². The Balaban J connectivity index is 0.00000456. The summed E-state index contributed by atoms with van der Waals surface area (Å²) in [6.07, 6.45) is 0. The Morgan fingerprint density at radius 3 is 2.17 bits per heavy atom. The summed E-state index contributed by atoms with van der Waals surface area (Å²) >= 11 is 0. The molecule has 0 N–H and O–H groups in total. The first kappa shape index (κ1) is 29.0. The molecule has 0 aliphatic heterocycles. The van der Waals surface area contributed by atoms with Crippen molar-refractivity contribution in [1.82, 2.24) is 0 Å². The molecule has 36 heavy (non-hydrogen) atoms. The van der Waals surface area contributed by atoms with Gasteiger partial charge in [0.15, 0.2) is 5.69 Å². The molecule has 0 bridgehead atoms. The molecule has 3 aromatic rings. The van der Waals surface area contributed by atoms with Gasteiger partial charge < -0.3 is 9.45 Å². The maximum atomic E-state index is 11.3. The third kappa shape index (κ3) is 7.15. The molecule has 0 saturated heterocycles.